The van der Waals surface area contributed by atoms with Gasteiger partial charge in [0.1, 0.15) is 12.3 Å². The number of allylic oxidation sites excluding steroid dienone is 8. The minimum atomic E-state index is -2.58. The first-order chi connectivity index (χ1) is 33.2. The number of ether oxygens (including phenoxy) is 2. The summed E-state index contributed by atoms with van der Waals surface area (Å²) in [4.78, 5) is 84.7. The molecule has 6 saturated carbocycles. The quantitative estimate of drug-likeness (QED) is 0.158. The first kappa shape index (κ1) is 50.0. The Bertz CT molecular complexity index is 2780. The summed E-state index contributed by atoms with van der Waals surface area (Å²) in [5.74, 6) is -9.25. The van der Waals surface area contributed by atoms with Gasteiger partial charge in [-0.05, 0) is 145 Å². The number of carbonyl (C=O) groups excluding carboxylic acids is 6. The number of hydrogen-bond acceptors (Lipinski definition) is 14. The number of aliphatic hydroxyl groups is 2. The van der Waals surface area contributed by atoms with Gasteiger partial charge in [0.15, 0.2) is 34.1 Å². The molecule has 12 nitrogen and oxygen atoms in total. The van der Waals surface area contributed by atoms with Crippen molar-refractivity contribution in [2.75, 3.05) is 0 Å². The lowest BCUT2D eigenvalue weighted by molar-refractivity contribution is -0.249. The van der Waals surface area contributed by atoms with Crippen molar-refractivity contribution in [2.45, 2.75) is 134 Å². The van der Waals surface area contributed by atoms with Crippen LogP contribution in [-0.2, 0) is 28.7 Å². The molecule has 71 heavy (non-hydrogen) atoms. The maximum Gasteiger partial charge on any atom is 0.375 e. The van der Waals surface area contributed by atoms with Crippen molar-refractivity contribution >= 4 is 55.3 Å². The summed E-state index contributed by atoms with van der Waals surface area (Å²) in [6.45, 7) is 11.0. The molecule has 6 fully saturated rings. The lowest BCUT2D eigenvalue weighted by Crippen LogP contribution is -2.73. The fourth-order valence-electron chi connectivity index (χ4n) is 16.3. The van der Waals surface area contributed by atoms with Crippen LogP contribution in [0.1, 0.15) is 108 Å². The summed E-state index contributed by atoms with van der Waals surface area (Å²) >= 11 is 0. The van der Waals surface area contributed by atoms with E-state index in [9.17, 15) is 29.4 Å². The molecule has 0 bridgehead atoms. The van der Waals surface area contributed by atoms with Crippen LogP contribution >= 0.6 is 21.6 Å². The van der Waals surface area contributed by atoms with Gasteiger partial charge in [0.05, 0.1) is 24.7 Å². The van der Waals surface area contributed by atoms with Crippen molar-refractivity contribution in [3.05, 3.63) is 95.9 Å². The number of ketones is 2. The maximum absolute atomic E-state index is 18.5. The molecule has 8 aliphatic rings. The minimum absolute atomic E-state index is 0.00243. The van der Waals surface area contributed by atoms with E-state index in [1.54, 1.807) is 34.6 Å². The van der Waals surface area contributed by atoms with Crippen LogP contribution in [0.5, 0.6) is 0 Å². The van der Waals surface area contributed by atoms with Gasteiger partial charge in [-0.2, -0.15) is 0 Å². The molecular formula is C53H56F4O12S2. The molecule has 0 amide bonds. The summed E-state index contributed by atoms with van der Waals surface area (Å²) in [5.41, 5.74) is -18.1. The first-order valence-corrected chi connectivity index (χ1v) is 26.2. The molecule has 18 atom stereocenters. The number of furan rings is 2. The van der Waals surface area contributed by atoms with E-state index in [2.05, 4.69) is 0 Å². The third-order valence-electron chi connectivity index (χ3n) is 19.8. The van der Waals surface area contributed by atoms with Gasteiger partial charge in [-0.1, -0.05) is 46.8 Å². The third-order valence-corrected chi connectivity index (χ3v) is 22.0. The van der Waals surface area contributed by atoms with Gasteiger partial charge < -0.3 is 28.5 Å². The van der Waals surface area contributed by atoms with Gasteiger partial charge >= 0.3 is 11.9 Å². The van der Waals surface area contributed by atoms with Crippen LogP contribution in [-0.4, -0.2) is 91.0 Å². The van der Waals surface area contributed by atoms with Gasteiger partial charge in [0.2, 0.25) is 21.8 Å². The molecule has 0 aromatic carbocycles. The number of esters is 2. The number of halogens is 4. The van der Waals surface area contributed by atoms with Crippen molar-refractivity contribution in [2.24, 2.45) is 56.7 Å². The normalized spacial score (nSPS) is 47.1. The molecule has 380 valence electrons. The Balaban J connectivity index is 1.04. The van der Waals surface area contributed by atoms with Crippen LogP contribution < -0.4 is 0 Å². The van der Waals surface area contributed by atoms with Gasteiger partial charge in [-0.25, -0.2) is 27.2 Å². The van der Waals surface area contributed by atoms with Crippen molar-refractivity contribution in [1.82, 2.24) is 0 Å². The van der Waals surface area contributed by atoms with E-state index in [-0.39, 0.29) is 35.5 Å². The number of hydrogen-bond donors (Lipinski definition) is 2. The van der Waals surface area contributed by atoms with Gasteiger partial charge in [-0.3, -0.25) is 19.2 Å². The average Bonchev–Trinajstić information content (AvgIpc) is 4.12. The Kier molecular flexibility index (Phi) is 11.3. The maximum atomic E-state index is 18.5. The van der Waals surface area contributed by atoms with Gasteiger partial charge in [-0.15, -0.1) is 0 Å². The third kappa shape index (κ3) is 6.07. The Morgan fingerprint density at radius 3 is 1.68 bits per heavy atom. The highest BCUT2D eigenvalue weighted by atomic mass is 33.1. The number of rotatable bonds is 6. The SMILES string of the molecule is C[C@@H]1C[C@@]2(C)[C@@H]3C[C@H](F)C4=CC(=O)C=C[C@]4(C)[C@]3(F)[C@@H](O)C[C@]2(C)[C@@]1(OC(=O)c1ccco1)C(=O)SSC(=O)[C@@]1(OC(=O)c2ccco2)[C@H](C)C[C@H]2[C@@H]3C[C@H](F)C4=CC(=O)C=C[C@]4(C)[C@@]3(F)[C@@H](O)C[C@@]21C. The lowest BCUT2D eigenvalue weighted by Gasteiger charge is -2.66. The summed E-state index contributed by atoms with van der Waals surface area (Å²) in [7, 11) is 0.731. The van der Waals surface area contributed by atoms with Crippen molar-refractivity contribution in [3.63, 3.8) is 0 Å². The lowest BCUT2D eigenvalue weighted by atomic mass is 9.40. The summed E-state index contributed by atoms with van der Waals surface area (Å²) < 4.78 is 93.4. The zero-order chi connectivity index (χ0) is 51.4. The first-order valence-electron chi connectivity index (χ1n) is 24.1. The van der Waals surface area contributed by atoms with E-state index in [1.807, 2.05) is 0 Å². The monoisotopic (exact) mass is 1020 g/mol. The van der Waals surface area contributed by atoms with Crippen molar-refractivity contribution in [1.29, 1.82) is 0 Å². The summed E-state index contributed by atoms with van der Waals surface area (Å²) in [6, 6.07) is 5.48. The van der Waals surface area contributed by atoms with E-state index in [1.165, 1.54) is 62.8 Å². The van der Waals surface area contributed by atoms with Crippen molar-refractivity contribution < 1.29 is 74.8 Å². The smallest absolute Gasteiger partial charge is 0.375 e. The number of aliphatic hydroxyl groups excluding tert-OH is 2. The van der Waals surface area contributed by atoms with Crippen LogP contribution in [0, 0.1) is 56.7 Å². The highest BCUT2D eigenvalue weighted by molar-refractivity contribution is 8.87. The van der Waals surface area contributed by atoms with Crippen LogP contribution in [0.15, 0.2) is 93.2 Å². The van der Waals surface area contributed by atoms with Crippen LogP contribution in [0.25, 0.3) is 0 Å². The highest BCUT2D eigenvalue weighted by Gasteiger charge is 2.83. The summed E-state index contributed by atoms with van der Waals surface area (Å²) in [6.07, 6.45) is 0.0632. The van der Waals surface area contributed by atoms with Crippen LogP contribution in [0.3, 0.4) is 0 Å². The Morgan fingerprint density at radius 1 is 0.648 bits per heavy atom. The average molecular weight is 1030 g/mol. The number of carbonyl (C=O) groups is 6. The van der Waals surface area contributed by atoms with Crippen LogP contribution in [0.4, 0.5) is 17.6 Å². The summed E-state index contributed by atoms with van der Waals surface area (Å²) in [5, 5.41) is 22.7. The fraction of sp³-hybridized carbons (Fsp3) is 0.585. The predicted molar refractivity (Wildman–Crippen MR) is 250 cm³/mol. The van der Waals surface area contributed by atoms with E-state index >= 15 is 27.2 Å². The second-order valence-corrected chi connectivity index (χ2v) is 24.7. The molecule has 18 heteroatoms. The Labute approximate surface area is 415 Å². The van der Waals surface area contributed by atoms with Crippen LogP contribution in [0.2, 0.25) is 0 Å². The molecule has 0 unspecified atom stereocenters. The molecule has 0 radical (unpaired) electrons. The minimum Gasteiger partial charge on any atom is -0.457 e. The largest absolute Gasteiger partial charge is 0.457 e. The molecule has 2 aromatic heterocycles. The molecule has 8 aliphatic carbocycles. The molecule has 2 heterocycles. The zero-order valence-electron chi connectivity index (χ0n) is 40.2. The molecule has 10 rings (SSSR count). The number of alkyl halides is 4. The number of fused-ring (bicyclic) bond motifs is 10. The predicted octanol–water partition coefficient (Wildman–Crippen LogP) is 9.32. The molecule has 0 aliphatic heterocycles. The molecule has 2 N–H and O–H groups in total. The van der Waals surface area contributed by atoms with E-state index in [0.29, 0.717) is 21.6 Å². The topological polar surface area (TPSA) is 188 Å². The van der Waals surface area contributed by atoms with E-state index in [4.69, 9.17) is 18.3 Å². The standard InChI is InChI=1S/C53H56F4O12S2/c1-26-18-30-31-21-34(54)32-19-28(58)12-14-45(32,3)50(31,56)39(60)24-47(30,5)52(26,68-41(62)36-10-8-16-66-36)43(64)70-71-44(65)53(69-42(63)37-11-9-17-67-37)27(2)23-48(6)38-22-35(55)33-20-29(59)13-15-46(33,4)51(38,57)40(61)25-49(48,53)7/h8-17,19-20,26-27,30-31,34-35,38-40,60-61H,18,21-25H2,1-7H3/t26-,27-,30+,31+,34+,35+,38+,39+,40+,45+,46+,47+,48+,49+,50+,51-,52+,53+/m1/s1. The second kappa shape index (κ2) is 16.0. The zero-order valence-corrected chi connectivity index (χ0v) is 41.8. The molecule has 0 spiro atoms. The van der Waals surface area contributed by atoms with Gasteiger partial charge in [0.25, 0.3) is 0 Å². The Hall–Kier alpha value is -4.52. The van der Waals surface area contributed by atoms with E-state index < -0.39 is 163 Å². The van der Waals surface area contributed by atoms with E-state index in [0.717, 1.165) is 24.3 Å². The Morgan fingerprint density at radius 2 is 1.14 bits per heavy atom. The highest BCUT2D eigenvalue weighted by Crippen LogP contribution is 2.78. The van der Waals surface area contributed by atoms with Crippen molar-refractivity contribution in [3.8, 4) is 0 Å². The second-order valence-electron chi connectivity index (χ2n) is 22.6. The van der Waals surface area contributed by atoms with Gasteiger partial charge in [0, 0.05) is 45.3 Å². The molecule has 2 aromatic rings. The molecular weight excluding hydrogens is 969 g/mol. The fourth-order valence-corrected chi connectivity index (χ4v) is 18.9. The molecule has 0 saturated heterocycles.